The lowest BCUT2D eigenvalue weighted by atomic mass is 10.1. The lowest BCUT2D eigenvalue weighted by Crippen LogP contribution is -2.13. The fraction of sp³-hybridized carbons (Fsp3) is 0.0769. The molecule has 0 aliphatic carbocycles. The van der Waals surface area contributed by atoms with Crippen LogP contribution in [0.2, 0.25) is 0 Å². The second-order valence-electron chi connectivity index (χ2n) is 7.71. The average Bonchev–Trinajstić information content (AvgIpc) is 3.55. The Kier molecular flexibility index (Phi) is 6.04. The van der Waals surface area contributed by atoms with Crippen LogP contribution in [0.1, 0.15) is 15.9 Å². The Hall–Kier alpha value is -4.79. The predicted octanol–water partition coefficient (Wildman–Crippen LogP) is 5.05. The van der Waals surface area contributed by atoms with Gasteiger partial charge in [-0.05, 0) is 54.1 Å². The van der Waals surface area contributed by atoms with Gasteiger partial charge >= 0.3 is 0 Å². The number of imidazole rings is 1. The highest BCUT2D eigenvalue weighted by atomic mass is 19.1. The van der Waals surface area contributed by atoms with Gasteiger partial charge in [-0.2, -0.15) is 4.98 Å². The quantitative estimate of drug-likeness (QED) is 0.359. The van der Waals surface area contributed by atoms with Gasteiger partial charge in [-0.3, -0.25) is 4.79 Å². The molecule has 0 aliphatic heterocycles. The van der Waals surface area contributed by atoms with Gasteiger partial charge in [0.2, 0.25) is 5.82 Å². The molecule has 0 bridgehead atoms. The Morgan fingerprint density at radius 3 is 2.57 bits per heavy atom. The Morgan fingerprint density at radius 1 is 1.06 bits per heavy atom. The van der Waals surface area contributed by atoms with E-state index in [-0.39, 0.29) is 5.56 Å². The molecule has 0 radical (unpaired) electrons. The average molecular weight is 469 g/mol. The summed E-state index contributed by atoms with van der Waals surface area (Å²) in [4.78, 5) is 21.1. The maximum Gasteiger partial charge on any atom is 0.278 e. The lowest BCUT2D eigenvalue weighted by molar-refractivity contribution is 0.102. The molecule has 8 nitrogen and oxygen atoms in total. The number of carbonyl (C=O) groups is 1. The topological polar surface area (TPSA) is 95.1 Å². The van der Waals surface area contributed by atoms with E-state index in [4.69, 9.17) is 9.26 Å². The number of aromatic nitrogens is 4. The van der Waals surface area contributed by atoms with E-state index in [1.165, 1.54) is 12.1 Å². The molecule has 9 heteroatoms. The molecule has 5 aromatic rings. The van der Waals surface area contributed by atoms with Crippen LogP contribution in [0.5, 0.6) is 5.75 Å². The molecule has 0 atom stereocenters. The summed E-state index contributed by atoms with van der Waals surface area (Å²) in [7, 11) is 1.61. The summed E-state index contributed by atoms with van der Waals surface area (Å²) in [6.07, 6.45) is 3.50. The van der Waals surface area contributed by atoms with Crippen LogP contribution >= 0.6 is 0 Å². The fourth-order valence-corrected chi connectivity index (χ4v) is 3.49. The number of benzene rings is 3. The zero-order chi connectivity index (χ0) is 24.2. The van der Waals surface area contributed by atoms with Crippen molar-refractivity contribution in [2.45, 2.75) is 6.54 Å². The standard InChI is InChI=1S/C26H20FN5O3/c1-34-20-12-8-18(9-13-20)24-30-26(35-31-24)23-15-32(16-28-23)14-17-6-10-19(11-7-17)29-25(33)21-4-2-3-5-22(21)27/h2-13,15-16H,14H2,1H3,(H,29,33). The van der Waals surface area contributed by atoms with E-state index < -0.39 is 11.7 Å². The van der Waals surface area contributed by atoms with Crippen LogP contribution in [0.3, 0.4) is 0 Å². The molecule has 5 rings (SSSR count). The molecule has 2 aromatic heterocycles. The van der Waals surface area contributed by atoms with Crippen molar-refractivity contribution in [3.8, 4) is 28.7 Å². The number of ether oxygens (including phenoxy) is 1. The number of anilines is 1. The molecule has 0 spiro atoms. The number of amides is 1. The van der Waals surface area contributed by atoms with E-state index in [0.717, 1.165) is 16.9 Å². The van der Waals surface area contributed by atoms with Gasteiger partial charge in [-0.15, -0.1) is 0 Å². The van der Waals surface area contributed by atoms with E-state index in [1.807, 2.05) is 47.2 Å². The lowest BCUT2D eigenvalue weighted by Gasteiger charge is -2.08. The van der Waals surface area contributed by atoms with Gasteiger partial charge in [0, 0.05) is 24.0 Å². The van der Waals surface area contributed by atoms with Crippen LogP contribution in [-0.2, 0) is 6.54 Å². The predicted molar refractivity (Wildman–Crippen MR) is 127 cm³/mol. The molecule has 174 valence electrons. The Labute approximate surface area is 200 Å². The number of rotatable bonds is 7. The van der Waals surface area contributed by atoms with E-state index in [9.17, 15) is 9.18 Å². The molecule has 0 saturated carbocycles. The van der Waals surface area contributed by atoms with Gasteiger partial charge in [0.15, 0.2) is 0 Å². The monoisotopic (exact) mass is 469 g/mol. The van der Waals surface area contributed by atoms with Gasteiger partial charge in [-0.1, -0.05) is 29.4 Å². The smallest absolute Gasteiger partial charge is 0.278 e. The van der Waals surface area contributed by atoms with Crippen LogP contribution in [0.4, 0.5) is 10.1 Å². The van der Waals surface area contributed by atoms with Gasteiger partial charge in [0.1, 0.15) is 17.3 Å². The number of methoxy groups -OCH3 is 1. The summed E-state index contributed by atoms with van der Waals surface area (Å²) in [5.41, 5.74) is 2.93. The third-order valence-electron chi connectivity index (χ3n) is 5.32. The highest BCUT2D eigenvalue weighted by Crippen LogP contribution is 2.23. The van der Waals surface area contributed by atoms with Gasteiger partial charge in [0.05, 0.1) is 19.0 Å². The first-order valence-corrected chi connectivity index (χ1v) is 10.7. The maximum absolute atomic E-state index is 13.8. The number of hydrogen-bond acceptors (Lipinski definition) is 6. The number of nitrogens with one attached hydrogen (secondary N) is 1. The highest BCUT2D eigenvalue weighted by Gasteiger charge is 2.14. The molecule has 3 aromatic carbocycles. The van der Waals surface area contributed by atoms with Crippen LogP contribution in [0, 0.1) is 5.82 Å². The number of nitrogens with zero attached hydrogens (tertiary/aromatic N) is 4. The van der Waals surface area contributed by atoms with Crippen LogP contribution in [-0.4, -0.2) is 32.7 Å². The minimum atomic E-state index is -0.560. The molecule has 35 heavy (non-hydrogen) atoms. The first-order valence-electron chi connectivity index (χ1n) is 10.7. The minimum Gasteiger partial charge on any atom is -0.497 e. The number of halogens is 1. The van der Waals surface area contributed by atoms with Crippen molar-refractivity contribution >= 4 is 11.6 Å². The van der Waals surface area contributed by atoms with E-state index in [0.29, 0.717) is 29.6 Å². The van der Waals surface area contributed by atoms with Crippen molar-refractivity contribution in [1.29, 1.82) is 0 Å². The van der Waals surface area contributed by atoms with Crippen molar-refractivity contribution < 1.29 is 18.4 Å². The Morgan fingerprint density at radius 2 is 1.83 bits per heavy atom. The second kappa shape index (κ2) is 9.60. The second-order valence-corrected chi connectivity index (χ2v) is 7.71. The normalized spacial score (nSPS) is 10.8. The molecular weight excluding hydrogens is 449 g/mol. The van der Waals surface area contributed by atoms with Gasteiger partial charge in [0.25, 0.3) is 11.8 Å². The van der Waals surface area contributed by atoms with Gasteiger partial charge < -0.3 is 19.1 Å². The number of hydrogen-bond donors (Lipinski definition) is 1. The summed E-state index contributed by atoms with van der Waals surface area (Å²) in [6, 6.07) is 20.5. The van der Waals surface area contributed by atoms with Gasteiger partial charge in [-0.25, -0.2) is 9.37 Å². The van der Waals surface area contributed by atoms with Crippen molar-refractivity contribution in [1.82, 2.24) is 19.7 Å². The minimum absolute atomic E-state index is 0.00121. The van der Waals surface area contributed by atoms with Crippen molar-refractivity contribution in [2.24, 2.45) is 0 Å². The van der Waals surface area contributed by atoms with Crippen molar-refractivity contribution in [3.05, 3.63) is 102 Å². The zero-order valence-electron chi connectivity index (χ0n) is 18.7. The largest absolute Gasteiger partial charge is 0.497 e. The first kappa shape index (κ1) is 22.0. The SMILES string of the molecule is COc1ccc(-c2noc(-c3cn(Cc4ccc(NC(=O)c5ccccc5F)cc4)cn3)n2)cc1. The van der Waals surface area contributed by atoms with E-state index in [1.54, 1.807) is 37.7 Å². The summed E-state index contributed by atoms with van der Waals surface area (Å²) in [5, 5.41) is 6.74. The third kappa shape index (κ3) is 4.93. The third-order valence-corrected chi connectivity index (χ3v) is 5.32. The first-order chi connectivity index (χ1) is 17.1. The zero-order valence-corrected chi connectivity index (χ0v) is 18.7. The van der Waals surface area contributed by atoms with Crippen molar-refractivity contribution in [3.63, 3.8) is 0 Å². The molecular formula is C26H20FN5O3. The van der Waals surface area contributed by atoms with E-state index >= 15 is 0 Å². The molecule has 0 unspecified atom stereocenters. The van der Waals surface area contributed by atoms with Crippen molar-refractivity contribution in [2.75, 3.05) is 12.4 Å². The molecule has 1 N–H and O–H groups in total. The molecule has 1 amide bonds. The maximum atomic E-state index is 13.8. The molecule has 0 saturated heterocycles. The molecule has 2 heterocycles. The Bertz CT molecular complexity index is 1460. The van der Waals surface area contributed by atoms with Crippen LogP contribution < -0.4 is 10.1 Å². The Balaban J connectivity index is 1.23. The summed E-state index contributed by atoms with van der Waals surface area (Å²) in [6.45, 7) is 0.550. The molecule has 0 fully saturated rings. The van der Waals surface area contributed by atoms with Crippen LogP contribution in [0.25, 0.3) is 23.0 Å². The summed E-state index contributed by atoms with van der Waals surface area (Å²) < 4.78 is 26.2. The number of carbonyl (C=O) groups excluding carboxylic acids is 1. The van der Waals surface area contributed by atoms with E-state index in [2.05, 4.69) is 20.4 Å². The highest BCUT2D eigenvalue weighted by molar-refractivity contribution is 6.04. The van der Waals surface area contributed by atoms with Crippen LogP contribution in [0.15, 0.2) is 89.8 Å². The summed E-state index contributed by atoms with van der Waals surface area (Å²) in [5.74, 6) is 0.473. The molecule has 0 aliphatic rings. The summed E-state index contributed by atoms with van der Waals surface area (Å²) >= 11 is 0. The fourth-order valence-electron chi connectivity index (χ4n) is 3.49.